The van der Waals surface area contributed by atoms with E-state index in [0.29, 0.717) is 11.6 Å². The first-order chi connectivity index (χ1) is 8.16. The lowest BCUT2D eigenvalue weighted by molar-refractivity contribution is 0.0696. The number of aromatic nitrogens is 2. The van der Waals surface area contributed by atoms with Gasteiger partial charge >= 0.3 is 5.97 Å². The van der Waals surface area contributed by atoms with Crippen LogP contribution in [0.2, 0.25) is 0 Å². The molecule has 2 N–H and O–H groups in total. The fourth-order valence-corrected chi connectivity index (χ4v) is 1.42. The Morgan fingerprint density at radius 1 is 1.29 bits per heavy atom. The summed E-state index contributed by atoms with van der Waals surface area (Å²) in [7, 11) is 0. The number of aryl methyl sites for hydroxylation is 1. The zero-order valence-corrected chi connectivity index (χ0v) is 9.21. The third-order valence-electron chi connectivity index (χ3n) is 2.29. The van der Waals surface area contributed by atoms with E-state index in [-0.39, 0.29) is 5.56 Å². The molecule has 0 atom stereocenters. The van der Waals surface area contributed by atoms with Crippen LogP contribution in [0.1, 0.15) is 15.9 Å². The molecule has 1 heterocycles. The predicted molar refractivity (Wildman–Crippen MR) is 63.5 cm³/mol. The van der Waals surface area contributed by atoms with Crippen molar-refractivity contribution in [3.05, 3.63) is 47.8 Å². The van der Waals surface area contributed by atoms with Crippen molar-refractivity contribution in [1.82, 2.24) is 9.97 Å². The lowest BCUT2D eigenvalue weighted by Crippen LogP contribution is -2.02. The highest BCUT2D eigenvalue weighted by molar-refractivity contribution is 5.90. The van der Waals surface area contributed by atoms with E-state index < -0.39 is 5.97 Å². The molecule has 2 aromatic rings. The number of rotatable bonds is 3. The molecular weight excluding hydrogens is 218 g/mol. The van der Waals surface area contributed by atoms with Crippen LogP contribution in [-0.4, -0.2) is 21.0 Å². The van der Waals surface area contributed by atoms with E-state index in [1.165, 1.54) is 0 Å². The highest BCUT2D eigenvalue weighted by Crippen LogP contribution is 2.17. The fraction of sp³-hybridized carbons (Fsp3) is 0.0833. The van der Waals surface area contributed by atoms with Crippen LogP contribution in [0.4, 0.5) is 11.6 Å². The van der Waals surface area contributed by atoms with Gasteiger partial charge in [-0.1, -0.05) is 6.07 Å². The van der Waals surface area contributed by atoms with Crippen LogP contribution in [0.5, 0.6) is 0 Å². The lowest BCUT2D eigenvalue weighted by Gasteiger charge is -2.06. The zero-order valence-electron chi connectivity index (χ0n) is 9.21. The number of carboxylic acid groups (broad SMARTS) is 1. The van der Waals surface area contributed by atoms with Crippen LogP contribution < -0.4 is 5.32 Å². The monoisotopic (exact) mass is 229 g/mol. The number of nitrogens with one attached hydrogen (secondary N) is 1. The normalized spacial score (nSPS) is 9.94. The molecular formula is C12H11N3O2. The summed E-state index contributed by atoms with van der Waals surface area (Å²) in [6, 6.07) is 6.81. The maximum Gasteiger partial charge on any atom is 0.336 e. The van der Waals surface area contributed by atoms with Gasteiger partial charge < -0.3 is 10.4 Å². The van der Waals surface area contributed by atoms with E-state index in [1.807, 2.05) is 0 Å². The SMILES string of the molecule is Cc1ccc(Nc2ncccn2)cc1C(=O)O. The van der Waals surface area contributed by atoms with E-state index >= 15 is 0 Å². The molecule has 5 nitrogen and oxygen atoms in total. The summed E-state index contributed by atoms with van der Waals surface area (Å²) >= 11 is 0. The van der Waals surface area contributed by atoms with Crippen molar-refractivity contribution >= 4 is 17.6 Å². The Balaban J connectivity index is 2.29. The smallest absolute Gasteiger partial charge is 0.336 e. The van der Waals surface area contributed by atoms with E-state index in [2.05, 4.69) is 15.3 Å². The number of benzene rings is 1. The van der Waals surface area contributed by atoms with Gasteiger partial charge in [-0.2, -0.15) is 0 Å². The van der Waals surface area contributed by atoms with Crippen molar-refractivity contribution in [2.75, 3.05) is 5.32 Å². The maximum atomic E-state index is 11.0. The van der Waals surface area contributed by atoms with Crippen LogP contribution in [-0.2, 0) is 0 Å². The van der Waals surface area contributed by atoms with Crippen molar-refractivity contribution in [2.45, 2.75) is 6.92 Å². The molecule has 0 bridgehead atoms. The minimum atomic E-state index is -0.944. The number of nitrogens with zero attached hydrogens (tertiary/aromatic N) is 2. The molecule has 0 aliphatic rings. The average Bonchev–Trinajstić information content (AvgIpc) is 2.32. The van der Waals surface area contributed by atoms with E-state index in [4.69, 9.17) is 5.11 Å². The van der Waals surface area contributed by atoms with Gasteiger partial charge in [-0.15, -0.1) is 0 Å². The minimum absolute atomic E-state index is 0.269. The minimum Gasteiger partial charge on any atom is -0.478 e. The standard InChI is InChI=1S/C12H11N3O2/c1-8-3-4-9(7-10(8)11(16)17)15-12-13-5-2-6-14-12/h2-7H,1H3,(H,16,17)(H,13,14,15). The van der Waals surface area contributed by atoms with Crippen molar-refractivity contribution in [1.29, 1.82) is 0 Å². The van der Waals surface area contributed by atoms with Crippen molar-refractivity contribution in [2.24, 2.45) is 0 Å². The van der Waals surface area contributed by atoms with E-state index in [1.54, 1.807) is 43.6 Å². The maximum absolute atomic E-state index is 11.0. The van der Waals surface area contributed by atoms with Gasteiger partial charge in [-0.05, 0) is 30.7 Å². The first-order valence-corrected chi connectivity index (χ1v) is 5.05. The van der Waals surface area contributed by atoms with Gasteiger partial charge in [0, 0.05) is 18.1 Å². The zero-order chi connectivity index (χ0) is 12.3. The Morgan fingerprint density at radius 3 is 2.65 bits per heavy atom. The molecule has 0 saturated heterocycles. The van der Waals surface area contributed by atoms with Crippen molar-refractivity contribution in [3.63, 3.8) is 0 Å². The van der Waals surface area contributed by atoms with Crippen LogP contribution in [0.3, 0.4) is 0 Å². The quantitative estimate of drug-likeness (QED) is 0.844. The number of carboxylic acids is 1. The number of anilines is 2. The molecule has 0 unspecified atom stereocenters. The number of hydrogen-bond donors (Lipinski definition) is 2. The number of aromatic carboxylic acids is 1. The summed E-state index contributed by atoms with van der Waals surface area (Å²) in [6.45, 7) is 1.76. The molecule has 0 aliphatic heterocycles. The van der Waals surface area contributed by atoms with Crippen LogP contribution in [0.15, 0.2) is 36.7 Å². The van der Waals surface area contributed by atoms with Gasteiger partial charge in [0.15, 0.2) is 0 Å². The Bertz CT molecular complexity index is 541. The van der Waals surface area contributed by atoms with Gasteiger partial charge in [0.05, 0.1) is 5.56 Å². The summed E-state index contributed by atoms with van der Waals surface area (Å²) in [5, 5.41) is 11.9. The molecule has 0 fully saturated rings. The molecule has 0 aliphatic carbocycles. The highest BCUT2D eigenvalue weighted by Gasteiger charge is 2.08. The Labute approximate surface area is 98.2 Å². The van der Waals surface area contributed by atoms with Crippen molar-refractivity contribution < 1.29 is 9.90 Å². The first-order valence-electron chi connectivity index (χ1n) is 5.05. The van der Waals surface area contributed by atoms with Crippen molar-refractivity contribution in [3.8, 4) is 0 Å². The van der Waals surface area contributed by atoms with E-state index in [9.17, 15) is 4.79 Å². The molecule has 5 heteroatoms. The summed E-state index contributed by atoms with van der Waals surface area (Å²) < 4.78 is 0. The van der Waals surface area contributed by atoms with Gasteiger partial charge in [0.1, 0.15) is 0 Å². The molecule has 0 amide bonds. The van der Waals surface area contributed by atoms with Gasteiger partial charge in [0.2, 0.25) is 5.95 Å². The molecule has 0 spiro atoms. The fourth-order valence-electron chi connectivity index (χ4n) is 1.42. The third-order valence-corrected chi connectivity index (χ3v) is 2.29. The molecule has 17 heavy (non-hydrogen) atoms. The number of carbonyl (C=O) groups is 1. The predicted octanol–water partition coefficient (Wildman–Crippen LogP) is 2.23. The summed E-state index contributed by atoms with van der Waals surface area (Å²) in [5.41, 5.74) is 1.64. The second-order valence-corrected chi connectivity index (χ2v) is 3.53. The second kappa shape index (κ2) is 4.61. The topological polar surface area (TPSA) is 75.1 Å². The Morgan fingerprint density at radius 2 is 2.00 bits per heavy atom. The Hall–Kier alpha value is -2.43. The van der Waals surface area contributed by atoms with Gasteiger partial charge in [-0.3, -0.25) is 0 Å². The molecule has 1 aromatic carbocycles. The molecule has 0 saturated carbocycles. The Kier molecular flexibility index (Phi) is 3.00. The summed E-state index contributed by atoms with van der Waals surface area (Å²) in [5.74, 6) is -0.507. The molecule has 0 radical (unpaired) electrons. The molecule has 1 aromatic heterocycles. The van der Waals surface area contributed by atoms with Gasteiger partial charge in [0.25, 0.3) is 0 Å². The van der Waals surface area contributed by atoms with Gasteiger partial charge in [-0.25, -0.2) is 14.8 Å². The summed E-state index contributed by atoms with van der Waals surface area (Å²) in [4.78, 5) is 19.0. The van der Waals surface area contributed by atoms with E-state index in [0.717, 1.165) is 5.56 Å². The molecule has 86 valence electrons. The second-order valence-electron chi connectivity index (χ2n) is 3.53. The molecule has 2 rings (SSSR count). The average molecular weight is 229 g/mol. The summed E-state index contributed by atoms with van der Waals surface area (Å²) in [6.07, 6.45) is 3.23. The highest BCUT2D eigenvalue weighted by atomic mass is 16.4. The first kappa shape index (κ1) is 11.1. The number of hydrogen-bond acceptors (Lipinski definition) is 4. The van der Waals surface area contributed by atoms with Crippen LogP contribution >= 0.6 is 0 Å². The third kappa shape index (κ3) is 2.57. The van der Waals surface area contributed by atoms with Crippen LogP contribution in [0.25, 0.3) is 0 Å². The largest absolute Gasteiger partial charge is 0.478 e. The lowest BCUT2D eigenvalue weighted by atomic mass is 10.1. The van der Waals surface area contributed by atoms with Crippen LogP contribution in [0, 0.1) is 6.92 Å².